The highest BCUT2D eigenvalue weighted by Crippen LogP contribution is 2.03. The van der Waals surface area contributed by atoms with Crippen molar-refractivity contribution in [1.29, 1.82) is 0 Å². The van der Waals surface area contributed by atoms with E-state index in [4.69, 9.17) is 0 Å². The molecule has 3 nitrogen and oxygen atoms in total. The smallest absolute Gasteiger partial charge is 0.220 e. The Morgan fingerprint density at radius 2 is 2.62 bits per heavy atom. The summed E-state index contributed by atoms with van der Waals surface area (Å²) >= 11 is 0. The van der Waals surface area contributed by atoms with E-state index in [1.54, 1.807) is 0 Å². The van der Waals surface area contributed by atoms with Crippen LogP contribution in [0.4, 0.5) is 0 Å². The molecule has 1 aliphatic rings. The van der Waals surface area contributed by atoms with Crippen LogP contribution in [-0.2, 0) is 9.59 Å². The van der Waals surface area contributed by atoms with Crippen molar-refractivity contribution in [1.82, 2.24) is 5.32 Å². The van der Waals surface area contributed by atoms with E-state index in [9.17, 15) is 9.59 Å². The van der Waals surface area contributed by atoms with Crippen LogP contribution in [0.15, 0.2) is 0 Å². The zero-order valence-corrected chi connectivity index (χ0v) is 4.39. The zero-order valence-electron chi connectivity index (χ0n) is 4.39. The summed E-state index contributed by atoms with van der Waals surface area (Å²) in [5.74, 6) is -0.0791. The van der Waals surface area contributed by atoms with E-state index in [2.05, 4.69) is 5.32 Å². The highest BCUT2D eigenvalue weighted by Gasteiger charge is 2.19. The molecule has 1 rings (SSSR count). The van der Waals surface area contributed by atoms with Gasteiger partial charge in [-0.05, 0) is 0 Å². The Morgan fingerprint density at radius 3 is 2.88 bits per heavy atom. The number of rotatable bonds is 1. The number of carbonyl (C=O) groups excluding carboxylic acids is 2. The van der Waals surface area contributed by atoms with Crippen LogP contribution >= 0.6 is 0 Å². The first-order valence-electron chi connectivity index (χ1n) is 2.55. The SMILES string of the molecule is O=C[C@@H]1CNC(=O)C1.[HH]. The maximum absolute atomic E-state index is 10.3. The lowest BCUT2D eigenvalue weighted by Gasteiger charge is -1.88. The predicted octanol–water partition coefficient (Wildman–Crippen LogP) is -0.433. The second-order valence-corrected chi connectivity index (χ2v) is 1.90. The minimum Gasteiger partial charge on any atom is -0.355 e. The summed E-state index contributed by atoms with van der Waals surface area (Å²) < 4.78 is 0. The molecule has 1 aliphatic heterocycles. The average molecular weight is 115 g/mol. The van der Waals surface area contributed by atoms with E-state index in [-0.39, 0.29) is 13.3 Å². The fourth-order valence-corrected chi connectivity index (χ4v) is 0.724. The third-order valence-electron chi connectivity index (χ3n) is 1.20. The molecule has 8 heavy (non-hydrogen) atoms. The van der Waals surface area contributed by atoms with Crippen LogP contribution in [0, 0.1) is 5.92 Å². The number of nitrogens with one attached hydrogen (secondary N) is 1. The second-order valence-electron chi connectivity index (χ2n) is 1.90. The molecule has 0 spiro atoms. The van der Waals surface area contributed by atoms with Crippen molar-refractivity contribution in [2.24, 2.45) is 5.92 Å². The van der Waals surface area contributed by atoms with Crippen molar-refractivity contribution in [3.05, 3.63) is 0 Å². The average Bonchev–Trinajstić information content (AvgIpc) is 2.14. The molecule has 46 valence electrons. The largest absolute Gasteiger partial charge is 0.355 e. The lowest BCUT2D eigenvalue weighted by Crippen LogP contribution is -2.13. The van der Waals surface area contributed by atoms with Gasteiger partial charge in [0.15, 0.2) is 0 Å². The third kappa shape index (κ3) is 0.857. The molecule has 0 bridgehead atoms. The topological polar surface area (TPSA) is 46.2 Å². The molecular weight excluding hydrogens is 106 g/mol. The van der Waals surface area contributed by atoms with E-state index in [1.807, 2.05) is 0 Å². The van der Waals surface area contributed by atoms with E-state index >= 15 is 0 Å². The highest BCUT2D eigenvalue weighted by atomic mass is 16.2. The third-order valence-corrected chi connectivity index (χ3v) is 1.20. The molecule has 0 aliphatic carbocycles. The summed E-state index contributed by atoms with van der Waals surface area (Å²) in [4.78, 5) is 20.3. The number of aldehydes is 1. The molecule has 0 aromatic rings. The van der Waals surface area contributed by atoms with Crippen molar-refractivity contribution in [3.63, 3.8) is 0 Å². The Balaban J connectivity index is 0.000000640. The van der Waals surface area contributed by atoms with Crippen molar-refractivity contribution < 1.29 is 11.0 Å². The molecule has 1 atom stereocenters. The fraction of sp³-hybridized carbons (Fsp3) is 0.600. The summed E-state index contributed by atoms with van der Waals surface area (Å²) in [5.41, 5.74) is 0. The molecule has 0 radical (unpaired) electrons. The Bertz CT molecular complexity index is 126. The first kappa shape index (κ1) is 5.28. The molecule has 0 aromatic carbocycles. The van der Waals surface area contributed by atoms with Gasteiger partial charge in [-0.15, -0.1) is 0 Å². The molecule has 3 heteroatoms. The maximum atomic E-state index is 10.3. The van der Waals surface area contributed by atoms with Gasteiger partial charge in [-0.1, -0.05) is 0 Å². The molecule has 1 amide bonds. The van der Waals surface area contributed by atoms with Gasteiger partial charge in [0.05, 0.1) is 0 Å². The van der Waals surface area contributed by atoms with Crippen molar-refractivity contribution in [3.8, 4) is 0 Å². The number of carbonyl (C=O) groups is 2. The lowest BCUT2D eigenvalue weighted by molar-refractivity contribution is -0.120. The van der Waals surface area contributed by atoms with Crippen LogP contribution in [0.1, 0.15) is 7.85 Å². The fourth-order valence-electron chi connectivity index (χ4n) is 0.724. The van der Waals surface area contributed by atoms with Gasteiger partial charge in [0.2, 0.25) is 5.91 Å². The maximum Gasteiger partial charge on any atom is 0.220 e. The Morgan fingerprint density at radius 1 is 1.88 bits per heavy atom. The van der Waals surface area contributed by atoms with Gasteiger partial charge in [0.25, 0.3) is 0 Å². The van der Waals surface area contributed by atoms with Gasteiger partial charge >= 0.3 is 0 Å². The van der Waals surface area contributed by atoms with Crippen LogP contribution < -0.4 is 5.32 Å². The molecule has 1 fully saturated rings. The normalized spacial score (nSPS) is 27.5. The van der Waals surface area contributed by atoms with Crippen molar-refractivity contribution in [2.75, 3.05) is 6.54 Å². The second kappa shape index (κ2) is 1.94. The monoisotopic (exact) mass is 115 g/mol. The van der Waals surface area contributed by atoms with Gasteiger partial charge in [-0.25, -0.2) is 0 Å². The summed E-state index contributed by atoms with van der Waals surface area (Å²) in [6.45, 7) is 0.530. The molecule has 1 N–H and O–H groups in total. The zero-order chi connectivity index (χ0) is 5.98. The first-order valence-corrected chi connectivity index (χ1v) is 2.55. The standard InChI is InChI=1S/C5H7NO2.H2/c7-3-4-1-5(8)6-2-4;/h3-4H,1-2H2,(H,6,8);1H/t4-;/m0./s1. The Hall–Kier alpha value is -0.860. The summed E-state index contributed by atoms with van der Waals surface area (Å²) in [5, 5.41) is 2.55. The molecule has 0 aromatic heterocycles. The Labute approximate surface area is 48.6 Å². The number of hydrogen-bond acceptors (Lipinski definition) is 2. The van der Waals surface area contributed by atoms with E-state index in [0.717, 1.165) is 6.29 Å². The molecule has 0 saturated carbocycles. The van der Waals surface area contributed by atoms with E-state index < -0.39 is 0 Å². The van der Waals surface area contributed by atoms with Crippen molar-refractivity contribution >= 4 is 12.2 Å². The highest BCUT2D eigenvalue weighted by molar-refractivity contribution is 5.82. The van der Waals surface area contributed by atoms with Gasteiger partial charge in [-0.2, -0.15) is 0 Å². The number of amides is 1. The van der Waals surface area contributed by atoms with Crippen LogP contribution in [0.2, 0.25) is 0 Å². The van der Waals surface area contributed by atoms with Crippen LogP contribution in [-0.4, -0.2) is 18.7 Å². The minimum atomic E-state index is -0.0671. The van der Waals surface area contributed by atoms with Crippen LogP contribution in [0.3, 0.4) is 0 Å². The quantitative estimate of drug-likeness (QED) is 0.471. The molecule has 1 saturated heterocycles. The molecule has 0 unspecified atom stereocenters. The van der Waals surface area contributed by atoms with Gasteiger partial charge in [0, 0.05) is 20.3 Å². The van der Waals surface area contributed by atoms with Crippen LogP contribution in [0.25, 0.3) is 0 Å². The van der Waals surface area contributed by atoms with E-state index in [1.165, 1.54) is 0 Å². The molecule has 1 heterocycles. The van der Waals surface area contributed by atoms with Crippen LogP contribution in [0.5, 0.6) is 0 Å². The van der Waals surface area contributed by atoms with E-state index in [0.29, 0.717) is 13.0 Å². The molecular formula is C5H9NO2. The lowest BCUT2D eigenvalue weighted by atomic mass is 10.1. The summed E-state index contributed by atoms with van der Waals surface area (Å²) in [6, 6.07) is 0. The predicted molar refractivity (Wildman–Crippen MR) is 29.3 cm³/mol. The summed E-state index contributed by atoms with van der Waals surface area (Å²) in [6.07, 6.45) is 1.20. The first-order chi connectivity index (χ1) is 3.83. The van der Waals surface area contributed by atoms with Gasteiger partial charge < -0.3 is 10.1 Å². The Kier molecular flexibility index (Phi) is 1.28. The van der Waals surface area contributed by atoms with Gasteiger partial charge in [-0.3, -0.25) is 4.79 Å². The summed E-state index contributed by atoms with van der Waals surface area (Å²) in [7, 11) is 0. The van der Waals surface area contributed by atoms with Crippen molar-refractivity contribution in [2.45, 2.75) is 6.42 Å². The van der Waals surface area contributed by atoms with Gasteiger partial charge in [0.1, 0.15) is 6.29 Å². The number of hydrogen-bond donors (Lipinski definition) is 1. The minimum absolute atomic E-state index is 0.